The van der Waals surface area contributed by atoms with E-state index in [0.717, 1.165) is 18.6 Å². The number of rotatable bonds is 4. The lowest BCUT2D eigenvalue weighted by atomic mass is 10.1. The van der Waals surface area contributed by atoms with Crippen molar-refractivity contribution in [1.29, 1.82) is 0 Å². The van der Waals surface area contributed by atoms with Gasteiger partial charge in [-0.1, -0.05) is 12.1 Å². The number of alkyl halides is 3. The van der Waals surface area contributed by atoms with Crippen molar-refractivity contribution < 1.29 is 27.5 Å². The molecule has 0 bridgehead atoms. The van der Waals surface area contributed by atoms with Gasteiger partial charge in [0.15, 0.2) is 0 Å². The van der Waals surface area contributed by atoms with Gasteiger partial charge in [0.2, 0.25) is 0 Å². The summed E-state index contributed by atoms with van der Waals surface area (Å²) in [5.41, 5.74) is 0.607. The molecule has 1 aromatic carbocycles. The van der Waals surface area contributed by atoms with Crippen molar-refractivity contribution in [3.05, 3.63) is 35.4 Å². The van der Waals surface area contributed by atoms with Gasteiger partial charge in [0, 0.05) is 12.5 Å². The summed E-state index contributed by atoms with van der Waals surface area (Å²) in [5, 5.41) is 0. The number of carbonyl (C=O) groups excluding carboxylic acids is 1. The standard InChI is InChI=1S/C13H14F3NO3/c14-13(15,16)11-4-2-1-3-10(11)12(18)17-20-8-9-5-6-19-7-9/h1-4,9H,5-8H2,(H,17,18)/t9-/m0/s1. The minimum Gasteiger partial charge on any atom is -0.381 e. The van der Waals surface area contributed by atoms with Gasteiger partial charge in [0.25, 0.3) is 5.91 Å². The summed E-state index contributed by atoms with van der Waals surface area (Å²) in [4.78, 5) is 16.7. The van der Waals surface area contributed by atoms with Crippen LogP contribution in [0.15, 0.2) is 24.3 Å². The number of hydrogen-bond acceptors (Lipinski definition) is 3. The molecule has 20 heavy (non-hydrogen) atoms. The van der Waals surface area contributed by atoms with Gasteiger partial charge >= 0.3 is 6.18 Å². The maximum Gasteiger partial charge on any atom is 0.417 e. The Kier molecular flexibility index (Phi) is 4.61. The molecular formula is C13H14F3NO3. The summed E-state index contributed by atoms with van der Waals surface area (Å²) < 4.78 is 43.3. The molecule has 0 radical (unpaired) electrons. The first-order valence-electron chi connectivity index (χ1n) is 6.14. The molecule has 0 aromatic heterocycles. The molecule has 0 unspecified atom stereocenters. The summed E-state index contributed by atoms with van der Waals surface area (Å²) in [6.07, 6.45) is -3.76. The van der Waals surface area contributed by atoms with Crippen LogP contribution in [0.5, 0.6) is 0 Å². The van der Waals surface area contributed by atoms with E-state index < -0.39 is 23.2 Å². The Balaban J connectivity index is 1.95. The van der Waals surface area contributed by atoms with Gasteiger partial charge < -0.3 is 4.74 Å². The second-order valence-electron chi connectivity index (χ2n) is 4.52. The Morgan fingerprint density at radius 2 is 2.15 bits per heavy atom. The second-order valence-corrected chi connectivity index (χ2v) is 4.52. The van der Waals surface area contributed by atoms with Gasteiger partial charge in [-0.2, -0.15) is 13.2 Å². The Labute approximate surface area is 113 Å². The fourth-order valence-corrected chi connectivity index (χ4v) is 1.92. The highest BCUT2D eigenvalue weighted by atomic mass is 19.4. The molecule has 1 aromatic rings. The predicted molar refractivity (Wildman–Crippen MR) is 63.8 cm³/mol. The van der Waals surface area contributed by atoms with Crippen molar-refractivity contribution in [2.75, 3.05) is 19.8 Å². The number of hydrogen-bond donors (Lipinski definition) is 1. The zero-order valence-electron chi connectivity index (χ0n) is 10.6. The third-order valence-electron chi connectivity index (χ3n) is 2.98. The number of ether oxygens (including phenoxy) is 1. The van der Waals surface area contributed by atoms with Gasteiger partial charge in [0.1, 0.15) is 0 Å². The van der Waals surface area contributed by atoms with Crippen LogP contribution >= 0.6 is 0 Å². The first kappa shape index (κ1) is 14.8. The molecule has 0 aliphatic carbocycles. The van der Waals surface area contributed by atoms with Crippen molar-refractivity contribution in [3.8, 4) is 0 Å². The maximum absolute atomic E-state index is 12.7. The summed E-state index contributed by atoms with van der Waals surface area (Å²) in [6.45, 7) is 1.40. The first-order chi connectivity index (χ1) is 9.48. The number of carbonyl (C=O) groups is 1. The van der Waals surface area contributed by atoms with Gasteiger partial charge in [-0.15, -0.1) is 0 Å². The van der Waals surface area contributed by atoms with E-state index in [9.17, 15) is 18.0 Å². The average molecular weight is 289 g/mol. The monoisotopic (exact) mass is 289 g/mol. The van der Waals surface area contributed by atoms with E-state index in [1.54, 1.807) is 0 Å². The summed E-state index contributed by atoms with van der Waals surface area (Å²) in [7, 11) is 0. The van der Waals surface area contributed by atoms with Crippen LogP contribution in [0.3, 0.4) is 0 Å². The fraction of sp³-hybridized carbons (Fsp3) is 0.462. The highest BCUT2D eigenvalue weighted by molar-refractivity contribution is 5.95. The molecule has 0 spiro atoms. The second kappa shape index (κ2) is 6.23. The Morgan fingerprint density at radius 3 is 2.80 bits per heavy atom. The largest absolute Gasteiger partial charge is 0.417 e. The summed E-state index contributed by atoms with van der Waals surface area (Å²) in [5.74, 6) is -0.745. The minimum absolute atomic E-state index is 0.160. The molecule has 1 atom stereocenters. The molecular weight excluding hydrogens is 275 g/mol. The Hall–Kier alpha value is -1.60. The number of nitrogens with one attached hydrogen (secondary N) is 1. The average Bonchev–Trinajstić information content (AvgIpc) is 2.91. The van der Waals surface area contributed by atoms with E-state index in [2.05, 4.69) is 0 Å². The van der Waals surface area contributed by atoms with E-state index in [4.69, 9.17) is 9.57 Å². The van der Waals surface area contributed by atoms with Crippen LogP contribution in [-0.4, -0.2) is 25.7 Å². The van der Waals surface area contributed by atoms with Crippen LogP contribution in [0.4, 0.5) is 13.2 Å². The third-order valence-corrected chi connectivity index (χ3v) is 2.98. The van der Waals surface area contributed by atoms with Gasteiger partial charge in [-0.05, 0) is 18.6 Å². The SMILES string of the molecule is O=C(NOC[C@H]1CCOC1)c1ccccc1C(F)(F)F. The highest BCUT2D eigenvalue weighted by Gasteiger charge is 2.34. The maximum atomic E-state index is 12.7. The summed E-state index contributed by atoms with van der Waals surface area (Å²) in [6, 6.07) is 4.57. The molecule has 7 heteroatoms. The lowest BCUT2D eigenvalue weighted by molar-refractivity contribution is -0.138. The predicted octanol–water partition coefficient (Wildman–Crippen LogP) is 2.40. The Bertz CT molecular complexity index is 470. The van der Waals surface area contributed by atoms with Crippen LogP contribution in [0.1, 0.15) is 22.3 Å². The zero-order chi connectivity index (χ0) is 14.6. The lowest BCUT2D eigenvalue weighted by Crippen LogP contribution is -2.28. The topological polar surface area (TPSA) is 47.6 Å². The molecule has 1 N–H and O–H groups in total. The number of halogens is 3. The van der Waals surface area contributed by atoms with E-state index in [-0.39, 0.29) is 12.5 Å². The normalized spacial score (nSPS) is 19.1. The van der Waals surface area contributed by atoms with Gasteiger partial charge in [0.05, 0.1) is 24.3 Å². The van der Waals surface area contributed by atoms with Gasteiger partial charge in [-0.25, -0.2) is 5.48 Å². The van der Waals surface area contributed by atoms with Crippen LogP contribution in [0.25, 0.3) is 0 Å². The van der Waals surface area contributed by atoms with Crippen LogP contribution in [0, 0.1) is 5.92 Å². The molecule has 1 heterocycles. The third kappa shape index (κ3) is 3.71. The lowest BCUT2D eigenvalue weighted by Gasteiger charge is -2.13. The first-order valence-corrected chi connectivity index (χ1v) is 6.14. The van der Waals surface area contributed by atoms with E-state index in [1.807, 2.05) is 5.48 Å². The number of benzene rings is 1. The quantitative estimate of drug-likeness (QED) is 0.866. The molecule has 4 nitrogen and oxygen atoms in total. The van der Waals surface area contributed by atoms with Crippen LogP contribution in [-0.2, 0) is 15.8 Å². The van der Waals surface area contributed by atoms with Crippen LogP contribution in [0.2, 0.25) is 0 Å². The minimum atomic E-state index is -4.58. The van der Waals surface area contributed by atoms with Crippen molar-refractivity contribution in [3.63, 3.8) is 0 Å². The van der Waals surface area contributed by atoms with E-state index >= 15 is 0 Å². The molecule has 1 amide bonds. The highest BCUT2D eigenvalue weighted by Crippen LogP contribution is 2.31. The summed E-state index contributed by atoms with van der Waals surface area (Å²) >= 11 is 0. The molecule has 1 aliphatic heterocycles. The van der Waals surface area contributed by atoms with Crippen molar-refractivity contribution in [2.45, 2.75) is 12.6 Å². The molecule has 1 saturated heterocycles. The molecule has 0 saturated carbocycles. The zero-order valence-corrected chi connectivity index (χ0v) is 10.6. The van der Waals surface area contributed by atoms with Crippen molar-refractivity contribution in [2.24, 2.45) is 5.92 Å². The number of amides is 1. The number of hydroxylamine groups is 1. The Morgan fingerprint density at radius 1 is 1.40 bits per heavy atom. The molecule has 1 aliphatic rings. The fourth-order valence-electron chi connectivity index (χ4n) is 1.92. The smallest absolute Gasteiger partial charge is 0.381 e. The van der Waals surface area contributed by atoms with E-state index in [0.29, 0.717) is 13.2 Å². The van der Waals surface area contributed by atoms with Crippen molar-refractivity contribution in [1.82, 2.24) is 5.48 Å². The molecule has 2 rings (SSSR count). The molecule has 110 valence electrons. The van der Waals surface area contributed by atoms with Crippen molar-refractivity contribution >= 4 is 5.91 Å². The van der Waals surface area contributed by atoms with Crippen LogP contribution < -0.4 is 5.48 Å². The van der Waals surface area contributed by atoms with Gasteiger partial charge in [-0.3, -0.25) is 9.63 Å². The molecule has 1 fully saturated rings. The van der Waals surface area contributed by atoms with E-state index in [1.165, 1.54) is 12.1 Å².